The Morgan fingerprint density at radius 2 is 1.89 bits per heavy atom. The highest BCUT2D eigenvalue weighted by atomic mass is 19.1. The van der Waals surface area contributed by atoms with E-state index in [0.29, 0.717) is 30.9 Å². The summed E-state index contributed by atoms with van der Waals surface area (Å²) in [7, 11) is 1.63. The number of halogens is 1. The van der Waals surface area contributed by atoms with Gasteiger partial charge in [-0.2, -0.15) is 0 Å². The maximum atomic E-state index is 13.0. The quantitative estimate of drug-likeness (QED) is 0.625. The number of aromatic nitrogens is 1. The average molecular weight is 379 g/mol. The number of nitrogens with one attached hydrogen (secondary N) is 2. The summed E-state index contributed by atoms with van der Waals surface area (Å²) in [5, 5.41) is 6.06. The molecule has 1 aromatic heterocycles. The molecular weight excluding hydrogens is 357 g/mol. The Labute approximate surface area is 163 Å². The van der Waals surface area contributed by atoms with E-state index in [2.05, 4.69) is 15.6 Å². The molecule has 0 aliphatic carbocycles. The third kappa shape index (κ3) is 5.30. The van der Waals surface area contributed by atoms with Gasteiger partial charge in [-0.3, -0.25) is 4.79 Å². The summed E-state index contributed by atoms with van der Waals surface area (Å²) in [6, 6.07) is 17.3. The third-order valence-corrected chi connectivity index (χ3v) is 4.28. The largest absolute Gasteiger partial charge is 0.496 e. The molecule has 0 atom stereocenters. The fourth-order valence-corrected chi connectivity index (χ4v) is 2.79. The van der Waals surface area contributed by atoms with Crippen LogP contribution in [-0.2, 0) is 13.0 Å². The topological polar surface area (TPSA) is 63.2 Å². The highest BCUT2D eigenvalue weighted by molar-refractivity contribution is 5.94. The van der Waals surface area contributed by atoms with E-state index in [1.807, 2.05) is 24.3 Å². The van der Waals surface area contributed by atoms with Gasteiger partial charge in [-0.05, 0) is 47.9 Å². The summed E-state index contributed by atoms with van der Waals surface area (Å²) < 4.78 is 18.3. The van der Waals surface area contributed by atoms with Gasteiger partial charge in [0.2, 0.25) is 0 Å². The van der Waals surface area contributed by atoms with Crippen LogP contribution in [0, 0.1) is 5.82 Å². The number of carbonyl (C=O) groups excluding carboxylic acids is 1. The molecule has 6 heteroatoms. The van der Waals surface area contributed by atoms with Crippen molar-refractivity contribution in [3.05, 3.63) is 89.4 Å². The van der Waals surface area contributed by atoms with Gasteiger partial charge in [-0.25, -0.2) is 9.37 Å². The van der Waals surface area contributed by atoms with Crippen LogP contribution < -0.4 is 15.4 Å². The fraction of sp³-hybridized carbons (Fsp3) is 0.182. The first-order chi connectivity index (χ1) is 13.7. The first-order valence-electron chi connectivity index (χ1n) is 9.00. The summed E-state index contributed by atoms with van der Waals surface area (Å²) in [6.45, 7) is 0.992. The van der Waals surface area contributed by atoms with Gasteiger partial charge in [0.15, 0.2) is 0 Å². The van der Waals surface area contributed by atoms with Crippen LogP contribution in [0.4, 0.5) is 10.2 Å². The number of para-hydroxylation sites is 1. The molecule has 1 amide bonds. The normalized spacial score (nSPS) is 10.4. The number of rotatable bonds is 8. The van der Waals surface area contributed by atoms with Crippen molar-refractivity contribution in [2.24, 2.45) is 0 Å². The van der Waals surface area contributed by atoms with Crippen LogP contribution in [0.3, 0.4) is 0 Å². The Kier molecular flexibility index (Phi) is 6.57. The lowest BCUT2D eigenvalue weighted by Gasteiger charge is -2.10. The number of anilines is 1. The molecule has 0 bridgehead atoms. The first-order valence-corrected chi connectivity index (χ1v) is 9.00. The standard InChI is InChI=1S/C22H22FN3O2/c1-28-20-5-3-2-4-17(20)10-13-25-22(27)18-11-12-24-21(14-18)26-15-16-6-8-19(23)9-7-16/h2-9,11-12,14H,10,13,15H2,1H3,(H,24,26)(H,25,27). The second-order valence-corrected chi connectivity index (χ2v) is 6.23. The zero-order chi connectivity index (χ0) is 19.8. The molecule has 3 rings (SSSR count). The lowest BCUT2D eigenvalue weighted by Crippen LogP contribution is -2.26. The van der Waals surface area contributed by atoms with Crippen LogP contribution >= 0.6 is 0 Å². The van der Waals surface area contributed by atoms with Gasteiger partial charge in [0.1, 0.15) is 17.4 Å². The number of amides is 1. The van der Waals surface area contributed by atoms with E-state index in [1.165, 1.54) is 12.1 Å². The molecule has 0 radical (unpaired) electrons. The van der Waals surface area contributed by atoms with Crippen LogP contribution in [0.1, 0.15) is 21.5 Å². The van der Waals surface area contributed by atoms with Crippen molar-refractivity contribution >= 4 is 11.7 Å². The minimum Gasteiger partial charge on any atom is -0.496 e. The molecule has 0 unspecified atom stereocenters. The van der Waals surface area contributed by atoms with E-state index in [0.717, 1.165) is 16.9 Å². The van der Waals surface area contributed by atoms with Crippen molar-refractivity contribution in [2.45, 2.75) is 13.0 Å². The second-order valence-electron chi connectivity index (χ2n) is 6.23. The molecule has 0 spiro atoms. The van der Waals surface area contributed by atoms with E-state index in [9.17, 15) is 9.18 Å². The fourth-order valence-electron chi connectivity index (χ4n) is 2.79. The van der Waals surface area contributed by atoms with Gasteiger partial charge in [0, 0.05) is 24.8 Å². The molecule has 0 saturated carbocycles. The number of benzene rings is 2. The van der Waals surface area contributed by atoms with E-state index in [4.69, 9.17) is 4.74 Å². The predicted octanol–water partition coefficient (Wildman–Crippen LogP) is 3.81. The average Bonchev–Trinajstić information content (AvgIpc) is 2.74. The van der Waals surface area contributed by atoms with Gasteiger partial charge >= 0.3 is 0 Å². The lowest BCUT2D eigenvalue weighted by molar-refractivity contribution is 0.0954. The summed E-state index contributed by atoms with van der Waals surface area (Å²) in [4.78, 5) is 16.6. The summed E-state index contributed by atoms with van der Waals surface area (Å²) in [5.74, 6) is 0.963. The first kappa shape index (κ1) is 19.4. The van der Waals surface area contributed by atoms with Gasteiger partial charge in [-0.1, -0.05) is 30.3 Å². The molecule has 28 heavy (non-hydrogen) atoms. The molecule has 0 fully saturated rings. The van der Waals surface area contributed by atoms with Crippen molar-refractivity contribution in [3.8, 4) is 5.75 Å². The Hall–Kier alpha value is -3.41. The predicted molar refractivity (Wildman–Crippen MR) is 107 cm³/mol. The molecule has 144 valence electrons. The number of methoxy groups -OCH3 is 1. The van der Waals surface area contributed by atoms with E-state index in [-0.39, 0.29) is 11.7 Å². The molecular formula is C22H22FN3O2. The molecule has 1 heterocycles. The molecule has 0 aliphatic rings. The van der Waals surface area contributed by atoms with Gasteiger partial charge < -0.3 is 15.4 Å². The minimum atomic E-state index is -0.270. The number of pyridine rings is 1. The monoisotopic (exact) mass is 379 g/mol. The number of nitrogens with zero attached hydrogens (tertiary/aromatic N) is 1. The molecule has 2 aromatic carbocycles. The van der Waals surface area contributed by atoms with Crippen molar-refractivity contribution in [1.82, 2.24) is 10.3 Å². The second kappa shape index (κ2) is 9.50. The third-order valence-electron chi connectivity index (χ3n) is 4.28. The molecule has 0 saturated heterocycles. The maximum Gasteiger partial charge on any atom is 0.251 e. The molecule has 2 N–H and O–H groups in total. The highest BCUT2D eigenvalue weighted by Gasteiger charge is 2.08. The summed E-state index contributed by atoms with van der Waals surface area (Å²) >= 11 is 0. The SMILES string of the molecule is COc1ccccc1CCNC(=O)c1ccnc(NCc2ccc(F)cc2)c1. The zero-order valence-corrected chi connectivity index (χ0v) is 15.6. The molecule has 5 nitrogen and oxygen atoms in total. The van der Waals surface area contributed by atoms with Gasteiger partial charge in [0.25, 0.3) is 5.91 Å². The van der Waals surface area contributed by atoms with Crippen molar-refractivity contribution in [3.63, 3.8) is 0 Å². The van der Waals surface area contributed by atoms with Gasteiger partial charge in [-0.15, -0.1) is 0 Å². The molecule has 3 aromatic rings. The van der Waals surface area contributed by atoms with Gasteiger partial charge in [0.05, 0.1) is 7.11 Å². The maximum absolute atomic E-state index is 13.0. The smallest absolute Gasteiger partial charge is 0.251 e. The Bertz CT molecular complexity index is 929. The zero-order valence-electron chi connectivity index (χ0n) is 15.6. The Balaban J connectivity index is 1.54. The van der Waals surface area contributed by atoms with Crippen molar-refractivity contribution in [2.75, 3.05) is 19.0 Å². The lowest BCUT2D eigenvalue weighted by atomic mass is 10.1. The minimum absolute atomic E-state index is 0.165. The summed E-state index contributed by atoms with van der Waals surface area (Å²) in [6.07, 6.45) is 2.26. The molecule has 0 aliphatic heterocycles. The van der Waals surface area contributed by atoms with Crippen molar-refractivity contribution in [1.29, 1.82) is 0 Å². The number of hydrogen-bond acceptors (Lipinski definition) is 4. The van der Waals surface area contributed by atoms with E-state index < -0.39 is 0 Å². The van der Waals surface area contributed by atoms with Crippen LogP contribution in [0.5, 0.6) is 5.75 Å². The Morgan fingerprint density at radius 3 is 2.68 bits per heavy atom. The van der Waals surface area contributed by atoms with Crippen LogP contribution in [0.25, 0.3) is 0 Å². The van der Waals surface area contributed by atoms with E-state index in [1.54, 1.807) is 37.6 Å². The van der Waals surface area contributed by atoms with Crippen LogP contribution in [-0.4, -0.2) is 24.5 Å². The van der Waals surface area contributed by atoms with Crippen molar-refractivity contribution < 1.29 is 13.9 Å². The number of carbonyl (C=O) groups is 1. The van der Waals surface area contributed by atoms with Crippen LogP contribution in [0.15, 0.2) is 66.9 Å². The summed E-state index contributed by atoms with van der Waals surface area (Å²) in [5.41, 5.74) is 2.49. The Morgan fingerprint density at radius 1 is 1.11 bits per heavy atom. The number of ether oxygens (including phenoxy) is 1. The van der Waals surface area contributed by atoms with Crippen LogP contribution in [0.2, 0.25) is 0 Å². The van der Waals surface area contributed by atoms with E-state index >= 15 is 0 Å². The number of hydrogen-bond donors (Lipinski definition) is 2. The highest BCUT2D eigenvalue weighted by Crippen LogP contribution is 2.17.